The predicted molar refractivity (Wildman–Crippen MR) is 61.8 cm³/mol. The molecular formula is C13H10N2O. The molecule has 3 nitrogen and oxygen atoms in total. The van der Waals surface area contributed by atoms with Gasteiger partial charge in [0.1, 0.15) is 0 Å². The van der Waals surface area contributed by atoms with E-state index < -0.39 is 0 Å². The summed E-state index contributed by atoms with van der Waals surface area (Å²) in [6.45, 7) is 0. The van der Waals surface area contributed by atoms with Crippen LogP contribution in [0.2, 0.25) is 0 Å². The number of rotatable bonds is 2. The first-order valence-corrected chi connectivity index (χ1v) is 4.96. The van der Waals surface area contributed by atoms with Crippen molar-refractivity contribution in [1.82, 2.24) is 4.98 Å². The van der Waals surface area contributed by atoms with Crippen LogP contribution in [0.1, 0.15) is 5.69 Å². The second-order valence-electron chi connectivity index (χ2n) is 3.43. The van der Waals surface area contributed by atoms with Crippen LogP contribution in [0, 0.1) is 11.3 Å². The lowest BCUT2D eigenvalue weighted by Crippen LogP contribution is -2.10. The maximum Gasteiger partial charge on any atom is 0.256 e. The molecule has 3 heteroatoms. The minimum Gasteiger partial charge on any atom is -0.325 e. The molecule has 2 rings (SSSR count). The van der Waals surface area contributed by atoms with Gasteiger partial charge in [0.05, 0.1) is 12.5 Å². The summed E-state index contributed by atoms with van der Waals surface area (Å²) in [6.07, 6.45) is 0.226. The van der Waals surface area contributed by atoms with Crippen LogP contribution in [0.4, 0.5) is 0 Å². The van der Waals surface area contributed by atoms with Crippen LogP contribution in [-0.4, -0.2) is 4.98 Å². The highest BCUT2D eigenvalue weighted by Gasteiger charge is 2.02. The Morgan fingerprint density at radius 1 is 1.12 bits per heavy atom. The molecule has 0 fully saturated rings. The van der Waals surface area contributed by atoms with E-state index in [0.29, 0.717) is 11.3 Å². The van der Waals surface area contributed by atoms with Crippen LogP contribution in [0.3, 0.4) is 0 Å². The molecule has 0 amide bonds. The van der Waals surface area contributed by atoms with Crippen molar-refractivity contribution in [2.24, 2.45) is 0 Å². The summed E-state index contributed by atoms with van der Waals surface area (Å²) >= 11 is 0. The zero-order valence-electron chi connectivity index (χ0n) is 8.60. The summed E-state index contributed by atoms with van der Waals surface area (Å²) in [5.41, 5.74) is 2.00. The number of aromatic amines is 1. The van der Waals surface area contributed by atoms with Gasteiger partial charge in [0.25, 0.3) is 5.56 Å². The summed E-state index contributed by atoms with van der Waals surface area (Å²) in [4.78, 5) is 14.4. The average molecular weight is 210 g/mol. The summed E-state index contributed by atoms with van der Waals surface area (Å²) in [5, 5.41) is 8.52. The molecular weight excluding hydrogens is 200 g/mol. The number of hydrogen-bond acceptors (Lipinski definition) is 2. The van der Waals surface area contributed by atoms with Gasteiger partial charge in [-0.05, 0) is 17.7 Å². The minimum absolute atomic E-state index is 0.154. The van der Waals surface area contributed by atoms with Gasteiger partial charge in [0, 0.05) is 11.3 Å². The Bertz CT molecular complexity index is 579. The van der Waals surface area contributed by atoms with E-state index in [4.69, 9.17) is 5.26 Å². The summed E-state index contributed by atoms with van der Waals surface area (Å²) in [5.74, 6) is 0. The number of benzene rings is 1. The van der Waals surface area contributed by atoms with Crippen molar-refractivity contribution in [1.29, 1.82) is 5.26 Å². The Labute approximate surface area is 93.0 Å². The Balaban J connectivity index is 2.46. The quantitative estimate of drug-likeness (QED) is 0.825. The second-order valence-corrected chi connectivity index (χ2v) is 3.43. The molecule has 0 radical (unpaired) electrons. The minimum atomic E-state index is -0.154. The molecule has 78 valence electrons. The number of nitrogens with one attached hydrogen (secondary N) is 1. The van der Waals surface area contributed by atoms with Gasteiger partial charge in [-0.2, -0.15) is 5.26 Å². The van der Waals surface area contributed by atoms with E-state index in [1.54, 1.807) is 12.1 Å². The van der Waals surface area contributed by atoms with E-state index in [-0.39, 0.29) is 12.0 Å². The SMILES string of the molecule is N#CCc1ccc(-c2ccccc2)c(=O)[nH]1. The van der Waals surface area contributed by atoms with E-state index in [1.807, 2.05) is 36.4 Å². The maximum atomic E-state index is 11.8. The average Bonchev–Trinajstić information content (AvgIpc) is 2.31. The zero-order chi connectivity index (χ0) is 11.4. The van der Waals surface area contributed by atoms with Gasteiger partial charge >= 0.3 is 0 Å². The van der Waals surface area contributed by atoms with Crippen molar-refractivity contribution < 1.29 is 0 Å². The Kier molecular flexibility index (Phi) is 2.84. The standard InChI is InChI=1S/C13H10N2O/c14-9-8-11-6-7-12(13(16)15-11)10-4-2-1-3-5-10/h1-7H,8H2,(H,15,16). The Morgan fingerprint density at radius 2 is 1.88 bits per heavy atom. The van der Waals surface area contributed by atoms with Crippen molar-refractivity contribution in [3.63, 3.8) is 0 Å². The molecule has 0 saturated heterocycles. The van der Waals surface area contributed by atoms with Crippen LogP contribution in [0.15, 0.2) is 47.3 Å². The van der Waals surface area contributed by atoms with Gasteiger partial charge in [-0.15, -0.1) is 0 Å². The summed E-state index contributed by atoms with van der Waals surface area (Å²) < 4.78 is 0. The highest BCUT2D eigenvalue weighted by atomic mass is 16.1. The fraction of sp³-hybridized carbons (Fsp3) is 0.0769. The molecule has 1 N–H and O–H groups in total. The number of H-pyrrole nitrogens is 1. The van der Waals surface area contributed by atoms with Crippen molar-refractivity contribution in [2.75, 3.05) is 0 Å². The summed E-state index contributed by atoms with van der Waals surface area (Å²) in [6, 6.07) is 15.0. The molecule has 1 heterocycles. The smallest absolute Gasteiger partial charge is 0.256 e. The van der Waals surface area contributed by atoms with Crippen LogP contribution in [0.25, 0.3) is 11.1 Å². The topological polar surface area (TPSA) is 56.6 Å². The van der Waals surface area contributed by atoms with E-state index >= 15 is 0 Å². The highest BCUT2D eigenvalue weighted by Crippen LogP contribution is 2.13. The summed E-state index contributed by atoms with van der Waals surface area (Å²) in [7, 11) is 0. The lowest BCUT2D eigenvalue weighted by atomic mass is 10.1. The third-order valence-corrected chi connectivity index (χ3v) is 2.32. The monoisotopic (exact) mass is 210 g/mol. The largest absolute Gasteiger partial charge is 0.325 e. The first-order chi connectivity index (χ1) is 7.81. The molecule has 1 aromatic carbocycles. The molecule has 0 spiro atoms. The fourth-order valence-electron chi connectivity index (χ4n) is 1.55. The van der Waals surface area contributed by atoms with Crippen LogP contribution < -0.4 is 5.56 Å². The van der Waals surface area contributed by atoms with Crippen LogP contribution in [-0.2, 0) is 6.42 Å². The first-order valence-electron chi connectivity index (χ1n) is 4.96. The van der Waals surface area contributed by atoms with Gasteiger partial charge in [0.2, 0.25) is 0 Å². The molecule has 2 aromatic rings. The van der Waals surface area contributed by atoms with Crippen LogP contribution in [0.5, 0.6) is 0 Å². The Hall–Kier alpha value is -2.34. The van der Waals surface area contributed by atoms with Crippen molar-refractivity contribution >= 4 is 0 Å². The van der Waals surface area contributed by atoms with Gasteiger partial charge in [0.15, 0.2) is 0 Å². The van der Waals surface area contributed by atoms with Crippen molar-refractivity contribution in [3.05, 3.63) is 58.5 Å². The predicted octanol–water partition coefficient (Wildman–Crippen LogP) is 2.11. The van der Waals surface area contributed by atoms with Gasteiger partial charge in [-0.1, -0.05) is 30.3 Å². The molecule has 0 saturated carbocycles. The molecule has 0 aliphatic rings. The molecule has 0 aliphatic heterocycles. The van der Waals surface area contributed by atoms with Gasteiger partial charge in [-0.3, -0.25) is 4.79 Å². The van der Waals surface area contributed by atoms with Crippen molar-refractivity contribution in [2.45, 2.75) is 6.42 Å². The highest BCUT2D eigenvalue weighted by molar-refractivity contribution is 5.62. The molecule has 16 heavy (non-hydrogen) atoms. The third kappa shape index (κ3) is 2.01. The van der Waals surface area contributed by atoms with Gasteiger partial charge in [-0.25, -0.2) is 0 Å². The third-order valence-electron chi connectivity index (χ3n) is 2.32. The van der Waals surface area contributed by atoms with Crippen LogP contribution >= 0.6 is 0 Å². The van der Waals surface area contributed by atoms with E-state index in [2.05, 4.69) is 4.98 Å². The first kappa shape index (κ1) is 10.2. The number of hydrogen-bond donors (Lipinski definition) is 1. The lowest BCUT2D eigenvalue weighted by Gasteiger charge is -2.01. The second kappa shape index (κ2) is 4.45. The lowest BCUT2D eigenvalue weighted by molar-refractivity contribution is 1.08. The number of nitriles is 1. The van der Waals surface area contributed by atoms with E-state index in [1.165, 1.54) is 0 Å². The molecule has 1 aromatic heterocycles. The molecule has 0 atom stereocenters. The fourth-order valence-corrected chi connectivity index (χ4v) is 1.55. The number of aromatic nitrogens is 1. The normalized spacial score (nSPS) is 9.69. The number of nitrogens with zero attached hydrogens (tertiary/aromatic N) is 1. The molecule has 0 aliphatic carbocycles. The van der Waals surface area contributed by atoms with Crippen molar-refractivity contribution in [3.8, 4) is 17.2 Å². The Morgan fingerprint density at radius 3 is 2.50 bits per heavy atom. The molecule has 0 bridgehead atoms. The number of pyridine rings is 1. The van der Waals surface area contributed by atoms with Gasteiger partial charge < -0.3 is 4.98 Å². The maximum absolute atomic E-state index is 11.8. The molecule has 0 unspecified atom stereocenters. The van der Waals surface area contributed by atoms with E-state index in [9.17, 15) is 4.79 Å². The van der Waals surface area contributed by atoms with E-state index in [0.717, 1.165) is 5.56 Å². The zero-order valence-corrected chi connectivity index (χ0v) is 8.60.